The highest BCUT2D eigenvalue weighted by Gasteiger charge is 2.12. The van der Waals surface area contributed by atoms with Crippen molar-refractivity contribution in [3.8, 4) is 0 Å². The molecule has 0 spiro atoms. The molecule has 0 aliphatic carbocycles. The van der Waals surface area contributed by atoms with Crippen LogP contribution in [0.25, 0.3) is 0 Å². The molecule has 0 radical (unpaired) electrons. The summed E-state index contributed by atoms with van der Waals surface area (Å²) in [5.74, 6) is -1.11. The molecular weight excluding hydrogens is 330 g/mol. The molecule has 0 fully saturated rings. The van der Waals surface area contributed by atoms with Crippen LogP contribution in [0.15, 0.2) is 48.5 Å². The van der Waals surface area contributed by atoms with Gasteiger partial charge in [0.2, 0.25) is 5.91 Å². The summed E-state index contributed by atoms with van der Waals surface area (Å²) in [6, 6.07) is 12.7. The number of amides is 1. The molecule has 124 valence electrons. The van der Waals surface area contributed by atoms with Crippen LogP contribution in [0.5, 0.6) is 0 Å². The first-order valence-corrected chi connectivity index (χ1v) is 7.73. The van der Waals surface area contributed by atoms with Gasteiger partial charge in [-0.2, -0.15) is 0 Å². The van der Waals surface area contributed by atoms with Crippen LogP contribution in [0.4, 0.5) is 5.69 Å². The molecule has 0 bridgehead atoms. The molecule has 2 rings (SSSR count). The molecule has 0 atom stereocenters. The van der Waals surface area contributed by atoms with E-state index in [2.05, 4.69) is 5.32 Å². The molecule has 0 saturated heterocycles. The van der Waals surface area contributed by atoms with Crippen LogP contribution >= 0.6 is 11.6 Å². The van der Waals surface area contributed by atoms with E-state index in [-0.39, 0.29) is 23.9 Å². The second-order valence-corrected chi connectivity index (χ2v) is 5.43. The number of ketones is 1. The molecule has 2 aromatic carbocycles. The van der Waals surface area contributed by atoms with Gasteiger partial charge in [0.05, 0.1) is 5.56 Å². The molecule has 2 aromatic rings. The largest absolute Gasteiger partial charge is 0.454 e. The van der Waals surface area contributed by atoms with Gasteiger partial charge in [-0.1, -0.05) is 24.6 Å². The number of halogens is 1. The van der Waals surface area contributed by atoms with Crippen molar-refractivity contribution in [2.75, 3.05) is 11.9 Å². The van der Waals surface area contributed by atoms with E-state index in [9.17, 15) is 14.4 Å². The van der Waals surface area contributed by atoms with Crippen molar-refractivity contribution >= 4 is 34.9 Å². The molecule has 0 saturated carbocycles. The minimum atomic E-state index is -0.634. The first kappa shape index (κ1) is 17.7. The molecule has 0 aliphatic rings. The van der Waals surface area contributed by atoms with Gasteiger partial charge in [0, 0.05) is 22.7 Å². The van der Waals surface area contributed by atoms with Crippen molar-refractivity contribution in [1.29, 1.82) is 0 Å². The first-order valence-electron chi connectivity index (χ1n) is 7.35. The summed E-state index contributed by atoms with van der Waals surface area (Å²) in [5, 5.41) is 3.18. The summed E-state index contributed by atoms with van der Waals surface area (Å²) in [4.78, 5) is 35.4. The third-order valence-electron chi connectivity index (χ3n) is 3.20. The predicted molar refractivity (Wildman–Crippen MR) is 91.4 cm³/mol. The second-order valence-electron chi connectivity index (χ2n) is 4.99. The third-order valence-corrected chi connectivity index (χ3v) is 3.46. The standard InChI is InChI=1S/C18H16ClNO4/c1-2-17(22)20-15-5-3-4-13(10-15)18(23)24-11-16(21)12-6-8-14(19)9-7-12/h3-10H,2,11H2,1H3,(H,20,22). The summed E-state index contributed by atoms with van der Waals surface area (Å²) >= 11 is 5.76. The lowest BCUT2D eigenvalue weighted by atomic mass is 10.1. The Hall–Kier alpha value is -2.66. The monoisotopic (exact) mass is 345 g/mol. The SMILES string of the molecule is CCC(=O)Nc1cccc(C(=O)OCC(=O)c2ccc(Cl)cc2)c1. The highest BCUT2D eigenvalue weighted by atomic mass is 35.5. The van der Waals surface area contributed by atoms with Crippen LogP contribution in [0.2, 0.25) is 5.02 Å². The van der Waals surface area contributed by atoms with Crippen molar-refractivity contribution in [2.24, 2.45) is 0 Å². The summed E-state index contributed by atoms with van der Waals surface area (Å²) < 4.78 is 5.03. The molecule has 1 amide bonds. The Kier molecular flexibility index (Phi) is 6.09. The Balaban J connectivity index is 1.97. The van der Waals surface area contributed by atoms with Gasteiger partial charge in [-0.25, -0.2) is 4.79 Å². The van der Waals surface area contributed by atoms with Crippen LogP contribution in [-0.4, -0.2) is 24.3 Å². The molecular formula is C18H16ClNO4. The van der Waals surface area contributed by atoms with E-state index >= 15 is 0 Å². The van der Waals surface area contributed by atoms with Crippen LogP contribution in [-0.2, 0) is 9.53 Å². The number of esters is 1. The number of rotatable bonds is 6. The van der Waals surface area contributed by atoms with Crippen LogP contribution in [0.3, 0.4) is 0 Å². The predicted octanol–water partition coefficient (Wildman–Crippen LogP) is 3.73. The molecule has 6 heteroatoms. The first-order chi connectivity index (χ1) is 11.5. The lowest BCUT2D eigenvalue weighted by Crippen LogP contribution is -2.15. The Morgan fingerprint density at radius 2 is 1.75 bits per heavy atom. The van der Waals surface area contributed by atoms with Gasteiger partial charge < -0.3 is 10.1 Å². The van der Waals surface area contributed by atoms with Crippen molar-refractivity contribution in [2.45, 2.75) is 13.3 Å². The number of ether oxygens (including phenoxy) is 1. The fourth-order valence-corrected chi connectivity index (χ4v) is 2.03. The van der Waals surface area contributed by atoms with E-state index < -0.39 is 5.97 Å². The molecule has 5 nitrogen and oxygen atoms in total. The molecule has 0 aliphatic heterocycles. The van der Waals surface area contributed by atoms with E-state index in [1.54, 1.807) is 49.4 Å². The topological polar surface area (TPSA) is 72.5 Å². The summed E-state index contributed by atoms with van der Waals surface area (Å²) in [6.07, 6.45) is 0.338. The number of carbonyl (C=O) groups excluding carboxylic acids is 3. The maximum atomic E-state index is 12.0. The van der Waals surface area contributed by atoms with E-state index in [1.165, 1.54) is 6.07 Å². The Morgan fingerprint density at radius 3 is 2.42 bits per heavy atom. The quantitative estimate of drug-likeness (QED) is 0.639. The number of carbonyl (C=O) groups is 3. The highest BCUT2D eigenvalue weighted by Crippen LogP contribution is 2.13. The average Bonchev–Trinajstić information content (AvgIpc) is 2.60. The maximum Gasteiger partial charge on any atom is 0.338 e. The number of anilines is 1. The minimum absolute atomic E-state index is 0.154. The van der Waals surface area contributed by atoms with Crippen molar-refractivity contribution in [3.63, 3.8) is 0 Å². The van der Waals surface area contributed by atoms with E-state index in [0.717, 1.165) is 0 Å². The van der Waals surface area contributed by atoms with Crippen molar-refractivity contribution in [3.05, 3.63) is 64.7 Å². The number of hydrogen-bond acceptors (Lipinski definition) is 4. The normalized spacial score (nSPS) is 10.1. The molecule has 0 unspecified atom stereocenters. The van der Waals surface area contributed by atoms with Crippen molar-refractivity contribution in [1.82, 2.24) is 0 Å². The lowest BCUT2D eigenvalue weighted by molar-refractivity contribution is -0.115. The molecule has 1 N–H and O–H groups in total. The third kappa shape index (κ3) is 4.93. The van der Waals surface area contributed by atoms with Crippen molar-refractivity contribution < 1.29 is 19.1 Å². The van der Waals surface area contributed by atoms with Gasteiger partial charge in [-0.05, 0) is 42.5 Å². The number of Topliss-reactive ketones (excluding diaryl/α,β-unsaturated/α-hetero) is 1. The van der Waals surface area contributed by atoms with Crippen LogP contribution < -0.4 is 5.32 Å². The highest BCUT2D eigenvalue weighted by molar-refractivity contribution is 6.30. The fourth-order valence-electron chi connectivity index (χ4n) is 1.91. The number of hydrogen-bond donors (Lipinski definition) is 1. The molecule has 0 heterocycles. The van der Waals surface area contributed by atoms with Gasteiger partial charge in [-0.15, -0.1) is 0 Å². The number of nitrogens with one attached hydrogen (secondary N) is 1. The van der Waals surface area contributed by atoms with Gasteiger partial charge in [0.15, 0.2) is 12.4 Å². The summed E-state index contributed by atoms with van der Waals surface area (Å²) in [7, 11) is 0. The van der Waals surface area contributed by atoms with E-state index in [0.29, 0.717) is 22.7 Å². The summed E-state index contributed by atoms with van der Waals surface area (Å²) in [6.45, 7) is 1.36. The zero-order valence-corrected chi connectivity index (χ0v) is 13.8. The van der Waals surface area contributed by atoms with Gasteiger partial charge in [0.25, 0.3) is 0 Å². The number of benzene rings is 2. The Morgan fingerprint density at radius 1 is 1.04 bits per heavy atom. The minimum Gasteiger partial charge on any atom is -0.454 e. The van der Waals surface area contributed by atoms with Gasteiger partial charge in [0.1, 0.15) is 0 Å². The Labute approximate surface area is 144 Å². The van der Waals surface area contributed by atoms with Crippen LogP contribution in [0, 0.1) is 0 Å². The summed E-state index contributed by atoms with van der Waals surface area (Å²) in [5.41, 5.74) is 1.17. The fraction of sp³-hybridized carbons (Fsp3) is 0.167. The average molecular weight is 346 g/mol. The second kappa shape index (κ2) is 8.26. The maximum absolute atomic E-state index is 12.0. The molecule has 0 aromatic heterocycles. The smallest absolute Gasteiger partial charge is 0.338 e. The molecule has 24 heavy (non-hydrogen) atoms. The lowest BCUT2D eigenvalue weighted by Gasteiger charge is -2.07. The van der Waals surface area contributed by atoms with Crippen LogP contribution in [0.1, 0.15) is 34.1 Å². The van der Waals surface area contributed by atoms with Gasteiger partial charge >= 0.3 is 5.97 Å². The Bertz CT molecular complexity index is 756. The van der Waals surface area contributed by atoms with E-state index in [1.807, 2.05) is 0 Å². The zero-order valence-electron chi connectivity index (χ0n) is 13.0. The van der Waals surface area contributed by atoms with Gasteiger partial charge in [-0.3, -0.25) is 9.59 Å². The zero-order chi connectivity index (χ0) is 17.5. The van der Waals surface area contributed by atoms with E-state index in [4.69, 9.17) is 16.3 Å².